The van der Waals surface area contributed by atoms with Gasteiger partial charge in [-0.1, -0.05) is 12.1 Å². The summed E-state index contributed by atoms with van der Waals surface area (Å²) >= 11 is 1.54. The molecule has 0 atom stereocenters. The van der Waals surface area contributed by atoms with Crippen molar-refractivity contribution in [2.45, 2.75) is 17.7 Å². The third-order valence-electron chi connectivity index (χ3n) is 2.58. The fraction of sp³-hybridized carbons (Fsp3) is 0.133. The molecule has 0 amide bonds. The quantitative estimate of drug-likeness (QED) is 0.798. The zero-order chi connectivity index (χ0) is 13.7. The van der Waals surface area contributed by atoms with E-state index in [1.165, 1.54) is 11.8 Å². The second-order valence-corrected chi connectivity index (χ2v) is 4.98. The molecular formula is C15H11N3S. The summed E-state index contributed by atoms with van der Waals surface area (Å²) in [5.74, 6) is 0.733. The van der Waals surface area contributed by atoms with Crippen molar-refractivity contribution in [3.63, 3.8) is 0 Å². The zero-order valence-corrected chi connectivity index (χ0v) is 11.2. The number of aromatic nitrogens is 1. The van der Waals surface area contributed by atoms with E-state index >= 15 is 0 Å². The summed E-state index contributed by atoms with van der Waals surface area (Å²) in [6.07, 6.45) is 0. The summed E-state index contributed by atoms with van der Waals surface area (Å²) in [7, 11) is 0. The molecule has 0 saturated carbocycles. The van der Waals surface area contributed by atoms with Crippen molar-refractivity contribution in [3.8, 4) is 12.1 Å². The summed E-state index contributed by atoms with van der Waals surface area (Å²) in [5, 5.41) is 18.5. The number of hydrogen-bond acceptors (Lipinski definition) is 4. The molecule has 2 aromatic rings. The van der Waals surface area contributed by atoms with Crippen LogP contribution in [0, 0.1) is 29.6 Å². The highest BCUT2D eigenvalue weighted by Gasteiger charge is 2.05. The predicted molar refractivity (Wildman–Crippen MR) is 74.4 cm³/mol. The van der Waals surface area contributed by atoms with Crippen LogP contribution in [0.3, 0.4) is 0 Å². The number of hydrogen-bond donors (Lipinski definition) is 0. The molecule has 0 spiro atoms. The maximum absolute atomic E-state index is 9.04. The normalized spacial score (nSPS) is 9.63. The topological polar surface area (TPSA) is 60.5 Å². The van der Waals surface area contributed by atoms with Gasteiger partial charge in [-0.3, -0.25) is 0 Å². The van der Waals surface area contributed by atoms with Gasteiger partial charge in [0.05, 0.1) is 17.2 Å². The van der Waals surface area contributed by atoms with Crippen LogP contribution in [0.5, 0.6) is 0 Å². The summed E-state index contributed by atoms with van der Waals surface area (Å²) in [6.45, 7) is 1.91. The van der Waals surface area contributed by atoms with Crippen LogP contribution >= 0.6 is 11.8 Å². The molecule has 0 saturated heterocycles. The van der Waals surface area contributed by atoms with E-state index in [1.807, 2.05) is 25.1 Å². The molecule has 1 aromatic heterocycles. The molecule has 0 bridgehead atoms. The van der Waals surface area contributed by atoms with Gasteiger partial charge in [-0.15, -0.1) is 11.8 Å². The number of pyridine rings is 1. The van der Waals surface area contributed by atoms with Gasteiger partial charge in [0.15, 0.2) is 0 Å². The average molecular weight is 265 g/mol. The van der Waals surface area contributed by atoms with Crippen LogP contribution in [0.1, 0.15) is 22.4 Å². The SMILES string of the molecule is Cc1ccc(C#N)c(SCc2ccc(C#N)cc2)n1. The number of aryl methyl sites for hydroxylation is 1. The van der Waals surface area contributed by atoms with Crippen molar-refractivity contribution in [3.05, 3.63) is 58.8 Å². The smallest absolute Gasteiger partial charge is 0.114 e. The Hall–Kier alpha value is -2.30. The fourth-order valence-corrected chi connectivity index (χ4v) is 2.53. The Bertz CT molecular complexity index is 663. The zero-order valence-electron chi connectivity index (χ0n) is 10.4. The molecule has 19 heavy (non-hydrogen) atoms. The van der Waals surface area contributed by atoms with Crippen LogP contribution in [0.4, 0.5) is 0 Å². The van der Waals surface area contributed by atoms with Crippen molar-refractivity contribution in [1.29, 1.82) is 10.5 Å². The maximum Gasteiger partial charge on any atom is 0.114 e. The largest absolute Gasteiger partial charge is 0.245 e. The molecule has 2 rings (SSSR count). The predicted octanol–water partition coefficient (Wildman–Crippen LogP) is 3.43. The highest BCUT2D eigenvalue weighted by atomic mass is 32.2. The van der Waals surface area contributed by atoms with E-state index in [9.17, 15) is 0 Å². The second kappa shape index (κ2) is 6.04. The standard InChI is InChI=1S/C15H11N3S/c1-11-2-7-14(9-17)15(18-11)19-10-13-5-3-12(8-16)4-6-13/h2-7H,10H2,1H3. The van der Waals surface area contributed by atoms with Crippen molar-refractivity contribution in [2.24, 2.45) is 0 Å². The molecule has 4 heteroatoms. The summed E-state index contributed by atoms with van der Waals surface area (Å²) in [5.41, 5.74) is 3.27. The average Bonchev–Trinajstić information content (AvgIpc) is 2.46. The summed E-state index contributed by atoms with van der Waals surface area (Å²) in [6, 6.07) is 15.3. The molecule has 0 aliphatic rings. The number of benzene rings is 1. The number of rotatable bonds is 3. The number of thioether (sulfide) groups is 1. The first-order chi connectivity index (χ1) is 9.22. The third kappa shape index (κ3) is 3.34. The summed E-state index contributed by atoms with van der Waals surface area (Å²) < 4.78 is 0. The van der Waals surface area contributed by atoms with Gasteiger partial charge in [-0.05, 0) is 36.8 Å². The van der Waals surface area contributed by atoms with Crippen molar-refractivity contribution < 1.29 is 0 Å². The highest BCUT2D eigenvalue weighted by Crippen LogP contribution is 2.24. The monoisotopic (exact) mass is 265 g/mol. The minimum atomic E-state index is 0.601. The molecule has 0 unspecified atom stereocenters. The Morgan fingerprint density at radius 2 is 1.79 bits per heavy atom. The van der Waals surface area contributed by atoms with Gasteiger partial charge in [0.1, 0.15) is 11.1 Å². The van der Waals surface area contributed by atoms with E-state index in [0.717, 1.165) is 22.0 Å². The van der Waals surface area contributed by atoms with Gasteiger partial charge in [-0.2, -0.15) is 10.5 Å². The van der Waals surface area contributed by atoms with Gasteiger partial charge in [0.25, 0.3) is 0 Å². The molecule has 0 aliphatic heterocycles. The molecule has 3 nitrogen and oxygen atoms in total. The summed E-state index contributed by atoms with van der Waals surface area (Å²) in [4.78, 5) is 4.38. The lowest BCUT2D eigenvalue weighted by Gasteiger charge is -2.04. The van der Waals surface area contributed by atoms with Gasteiger partial charge in [-0.25, -0.2) is 4.98 Å². The fourth-order valence-electron chi connectivity index (χ4n) is 1.56. The van der Waals surface area contributed by atoms with Gasteiger partial charge in [0.2, 0.25) is 0 Å². The van der Waals surface area contributed by atoms with Crippen LogP contribution < -0.4 is 0 Å². The minimum Gasteiger partial charge on any atom is -0.245 e. The number of nitrogens with zero attached hydrogens (tertiary/aromatic N) is 3. The Labute approximate surface area is 116 Å². The Balaban J connectivity index is 2.12. The van der Waals surface area contributed by atoms with Crippen molar-refractivity contribution in [2.75, 3.05) is 0 Å². The van der Waals surface area contributed by atoms with Crippen LogP contribution in [0.2, 0.25) is 0 Å². The molecule has 1 heterocycles. The van der Waals surface area contributed by atoms with Crippen molar-refractivity contribution >= 4 is 11.8 Å². The lowest BCUT2D eigenvalue weighted by atomic mass is 10.2. The van der Waals surface area contributed by atoms with E-state index in [4.69, 9.17) is 10.5 Å². The lowest BCUT2D eigenvalue weighted by molar-refractivity contribution is 1.05. The number of nitriles is 2. The Morgan fingerprint density at radius 1 is 1.05 bits per heavy atom. The van der Waals surface area contributed by atoms with Crippen LogP contribution in [0.25, 0.3) is 0 Å². The molecule has 1 aromatic carbocycles. The van der Waals surface area contributed by atoms with E-state index in [0.29, 0.717) is 11.1 Å². The second-order valence-electron chi connectivity index (χ2n) is 4.01. The third-order valence-corrected chi connectivity index (χ3v) is 3.64. The molecule has 0 fully saturated rings. The molecule has 0 aliphatic carbocycles. The van der Waals surface area contributed by atoms with E-state index < -0.39 is 0 Å². The van der Waals surface area contributed by atoms with Gasteiger partial charge < -0.3 is 0 Å². The van der Waals surface area contributed by atoms with Crippen LogP contribution in [-0.4, -0.2) is 4.98 Å². The van der Waals surface area contributed by atoms with Crippen molar-refractivity contribution in [1.82, 2.24) is 4.98 Å². The molecular weight excluding hydrogens is 254 g/mol. The van der Waals surface area contributed by atoms with Gasteiger partial charge in [0, 0.05) is 11.4 Å². The maximum atomic E-state index is 9.04. The first-order valence-electron chi connectivity index (χ1n) is 5.72. The lowest BCUT2D eigenvalue weighted by Crippen LogP contribution is -1.90. The van der Waals surface area contributed by atoms with Crippen LogP contribution in [-0.2, 0) is 5.75 Å². The van der Waals surface area contributed by atoms with E-state index in [-0.39, 0.29) is 0 Å². The van der Waals surface area contributed by atoms with Gasteiger partial charge >= 0.3 is 0 Å². The molecule has 0 N–H and O–H groups in total. The minimum absolute atomic E-state index is 0.601. The van der Waals surface area contributed by atoms with E-state index in [1.54, 1.807) is 18.2 Å². The first-order valence-corrected chi connectivity index (χ1v) is 6.71. The van der Waals surface area contributed by atoms with E-state index in [2.05, 4.69) is 17.1 Å². The molecule has 92 valence electrons. The first kappa shape index (κ1) is 13.1. The Morgan fingerprint density at radius 3 is 2.42 bits per heavy atom. The highest BCUT2D eigenvalue weighted by molar-refractivity contribution is 7.98. The van der Waals surface area contributed by atoms with Crippen LogP contribution in [0.15, 0.2) is 41.4 Å². The molecule has 0 radical (unpaired) electrons. The Kier molecular flexibility index (Phi) is 4.18.